The van der Waals surface area contributed by atoms with Gasteiger partial charge in [0.2, 0.25) is 5.91 Å². The molecule has 154 valence electrons. The summed E-state index contributed by atoms with van der Waals surface area (Å²) in [5.41, 5.74) is 7.81. The fourth-order valence-electron chi connectivity index (χ4n) is 4.99. The minimum atomic E-state index is -0.246. The summed E-state index contributed by atoms with van der Waals surface area (Å²) in [5.74, 6) is 1.56. The van der Waals surface area contributed by atoms with E-state index in [-0.39, 0.29) is 11.9 Å². The molecular formula is C21H33N5O2. The van der Waals surface area contributed by atoms with Crippen molar-refractivity contribution in [2.75, 3.05) is 45.9 Å². The van der Waals surface area contributed by atoms with Crippen LogP contribution in [0.5, 0.6) is 0 Å². The average molecular weight is 388 g/mol. The maximum Gasteiger partial charge on any atom is 0.244 e. The maximum absolute atomic E-state index is 13.5. The largest absolute Gasteiger partial charge is 0.379 e. The number of hydrogen-bond acceptors (Lipinski definition) is 6. The van der Waals surface area contributed by atoms with E-state index >= 15 is 0 Å². The Morgan fingerprint density at radius 2 is 2.07 bits per heavy atom. The molecule has 3 aliphatic heterocycles. The fraction of sp³-hybridized carbons (Fsp3) is 0.714. The summed E-state index contributed by atoms with van der Waals surface area (Å²) in [4.78, 5) is 22.1. The monoisotopic (exact) mass is 387 g/mol. The number of hydrogen-bond donors (Lipinski definition) is 2. The normalized spacial score (nSPS) is 28.4. The Morgan fingerprint density at radius 3 is 2.75 bits per heavy atom. The Morgan fingerprint density at radius 1 is 1.29 bits per heavy atom. The second-order valence-electron chi connectivity index (χ2n) is 8.22. The molecule has 28 heavy (non-hydrogen) atoms. The molecule has 2 N–H and O–H groups in total. The number of amides is 1. The van der Waals surface area contributed by atoms with Gasteiger partial charge in [-0.3, -0.25) is 25.5 Å². The van der Waals surface area contributed by atoms with Gasteiger partial charge in [-0.1, -0.05) is 19.4 Å². The van der Waals surface area contributed by atoms with Crippen molar-refractivity contribution in [2.45, 2.75) is 38.3 Å². The first kappa shape index (κ1) is 19.8. The Hall–Kier alpha value is -1.54. The van der Waals surface area contributed by atoms with Crippen molar-refractivity contribution >= 4 is 5.91 Å². The zero-order valence-corrected chi connectivity index (χ0v) is 16.8. The zero-order chi connectivity index (χ0) is 19.3. The van der Waals surface area contributed by atoms with Gasteiger partial charge in [0.1, 0.15) is 6.04 Å². The lowest BCUT2D eigenvalue weighted by Crippen LogP contribution is -2.51. The number of aromatic nitrogens is 1. The molecule has 0 aromatic carbocycles. The fourth-order valence-corrected chi connectivity index (χ4v) is 4.99. The molecule has 3 atom stereocenters. The molecule has 0 saturated carbocycles. The van der Waals surface area contributed by atoms with Gasteiger partial charge in [-0.15, -0.1) is 0 Å². The number of hydrazine groups is 1. The van der Waals surface area contributed by atoms with Crippen LogP contribution in [-0.4, -0.2) is 72.7 Å². The average Bonchev–Trinajstić information content (AvgIpc) is 3.24. The number of carbonyl (C=O) groups excluding carboxylic acids is 1. The topological polar surface area (TPSA) is 69.7 Å². The molecule has 4 rings (SSSR count). The third-order valence-corrected chi connectivity index (χ3v) is 6.67. The number of carbonyl (C=O) groups is 1. The third kappa shape index (κ3) is 4.22. The minimum Gasteiger partial charge on any atom is -0.379 e. The van der Waals surface area contributed by atoms with Crippen LogP contribution in [0, 0.1) is 11.8 Å². The van der Waals surface area contributed by atoms with E-state index in [0.29, 0.717) is 31.1 Å². The summed E-state index contributed by atoms with van der Waals surface area (Å²) in [6.07, 6.45) is 6.95. The molecule has 4 heterocycles. The second kappa shape index (κ2) is 9.31. The van der Waals surface area contributed by atoms with Gasteiger partial charge in [-0.05, 0) is 36.3 Å². The number of piperidine rings is 1. The quantitative estimate of drug-likeness (QED) is 0.791. The van der Waals surface area contributed by atoms with Crippen LogP contribution in [0.25, 0.3) is 0 Å². The summed E-state index contributed by atoms with van der Waals surface area (Å²) in [6, 6.07) is 4.24. The molecule has 3 aliphatic rings. The number of morpholine rings is 1. The van der Waals surface area contributed by atoms with Crippen LogP contribution < -0.4 is 10.9 Å². The van der Waals surface area contributed by atoms with E-state index in [1.807, 2.05) is 18.3 Å². The van der Waals surface area contributed by atoms with E-state index in [9.17, 15) is 4.79 Å². The van der Waals surface area contributed by atoms with Crippen molar-refractivity contribution in [2.24, 2.45) is 11.8 Å². The standard InChI is InChI=1S/C21H33N5O2/c1-2-16-15-23-24-19(16)17-5-8-26(9-6-17)21(27)20(18-4-3-7-22-14-18)25-10-12-28-13-11-25/h3-4,7,14,16-17,19-20,23-24H,2,5-6,8-13,15H2,1H3. The van der Waals surface area contributed by atoms with Gasteiger partial charge in [-0.2, -0.15) is 0 Å². The predicted octanol–water partition coefficient (Wildman–Crippen LogP) is 1.20. The van der Waals surface area contributed by atoms with Gasteiger partial charge in [0.15, 0.2) is 0 Å². The summed E-state index contributed by atoms with van der Waals surface area (Å²) < 4.78 is 5.51. The molecule has 3 unspecified atom stereocenters. The Kier molecular flexibility index (Phi) is 6.57. The predicted molar refractivity (Wildman–Crippen MR) is 107 cm³/mol. The number of likely N-dealkylation sites (tertiary alicyclic amines) is 1. The highest BCUT2D eigenvalue weighted by Crippen LogP contribution is 2.30. The van der Waals surface area contributed by atoms with Gasteiger partial charge < -0.3 is 9.64 Å². The first-order valence-electron chi connectivity index (χ1n) is 10.8. The third-order valence-electron chi connectivity index (χ3n) is 6.67. The maximum atomic E-state index is 13.5. The molecule has 3 fully saturated rings. The minimum absolute atomic E-state index is 0.220. The zero-order valence-electron chi connectivity index (χ0n) is 16.8. The van der Waals surface area contributed by atoms with Crippen LogP contribution in [0.1, 0.15) is 37.8 Å². The van der Waals surface area contributed by atoms with E-state index in [1.54, 1.807) is 6.20 Å². The number of nitrogens with zero attached hydrogens (tertiary/aromatic N) is 3. The SMILES string of the molecule is CCC1CNNC1C1CCN(C(=O)C(c2cccnc2)N2CCOCC2)CC1. The van der Waals surface area contributed by atoms with E-state index in [2.05, 4.69) is 32.6 Å². The lowest BCUT2D eigenvalue weighted by atomic mass is 9.82. The van der Waals surface area contributed by atoms with E-state index < -0.39 is 0 Å². The van der Waals surface area contributed by atoms with Crippen LogP contribution in [0.3, 0.4) is 0 Å². The van der Waals surface area contributed by atoms with Gasteiger partial charge in [0, 0.05) is 51.2 Å². The molecule has 1 amide bonds. The van der Waals surface area contributed by atoms with Crippen LogP contribution in [0.15, 0.2) is 24.5 Å². The molecule has 0 aliphatic carbocycles. The highest BCUT2D eigenvalue weighted by Gasteiger charge is 2.38. The van der Waals surface area contributed by atoms with Gasteiger partial charge in [-0.25, -0.2) is 0 Å². The van der Waals surface area contributed by atoms with Crippen molar-refractivity contribution in [1.29, 1.82) is 0 Å². The first-order chi connectivity index (χ1) is 13.8. The Balaban J connectivity index is 1.43. The number of pyridine rings is 1. The summed E-state index contributed by atoms with van der Waals surface area (Å²) in [7, 11) is 0. The molecule has 7 heteroatoms. The smallest absolute Gasteiger partial charge is 0.244 e. The molecule has 1 aromatic rings. The first-order valence-corrected chi connectivity index (χ1v) is 10.8. The highest BCUT2D eigenvalue weighted by atomic mass is 16.5. The Labute approximate surface area is 167 Å². The molecular weight excluding hydrogens is 354 g/mol. The van der Waals surface area contributed by atoms with Crippen LogP contribution in [0.4, 0.5) is 0 Å². The molecule has 7 nitrogen and oxygen atoms in total. The molecule has 3 saturated heterocycles. The molecule has 0 bridgehead atoms. The lowest BCUT2D eigenvalue weighted by molar-refractivity contribution is -0.140. The van der Waals surface area contributed by atoms with Crippen molar-refractivity contribution in [3.8, 4) is 0 Å². The van der Waals surface area contributed by atoms with E-state index in [4.69, 9.17) is 4.74 Å². The van der Waals surface area contributed by atoms with Crippen molar-refractivity contribution < 1.29 is 9.53 Å². The van der Waals surface area contributed by atoms with Crippen molar-refractivity contribution in [1.82, 2.24) is 25.6 Å². The van der Waals surface area contributed by atoms with Crippen LogP contribution >= 0.6 is 0 Å². The Bertz CT molecular complexity index is 629. The number of nitrogens with one attached hydrogen (secondary N) is 2. The van der Waals surface area contributed by atoms with Gasteiger partial charge >= 0.3 is 0 Å². The van der Waals surface area contributed by atoms with E-state index in [0.717, 1.165) is 51.1 Å². The lowest BCUT2D eigenvalue weighted by Gasteiger charge is -2.40. The molecule has 0 spiro atoms. The van der Waals surface area contributed by atoms with E-state index in [1.165, 1.54) is 6.42 Å². The molecule has 0 radical (unpaired) electrons. The number of ether oxygens (including phenoxy) is 1. The van der Waals surface area contributed by atoms with Crippen molar-refractivity contribution in [3.63, 3.8) is 0 Å². The second-order valence-corrected chi connectivity index (χ2v) is 8.22. The number of rotatable bonds is 5. The summed E-state index contributed by atoms with van der Waals surface area (Å²) in [6.45, 7) is 7.97. The summed E-state index contributed by atoms with van der Waals surface area (Å²) in [5, 5.41) is 0. The summed E-state index contributed by atoms with van der Waals surface area (Å²) >= 11 is 0. The van der Waals surface area contributed by atoms with Crippen LogP contribution in [0.2, 0.25) is 0 Å². The van der Waals surface area contributed by atoms with Gasteiger partial charge in [0.25, 0.3) is 0 Å². The van der Waals surface area contributed by atoms with Crippen molar-refractivity contribution in [3.05, 3.63) is 30.1 Å². The van der Waals surface area contributed by atoms with Gasteiger partial charge in [0.05, 0.1) is 13.2 Å². The molecule has 1 aromatic heterocycles. The highest BCUT2D eigenvalue weighted by molar-refractivity contribution is 5.83. The van der Waals surface area contributed by atoms with Crippen LogP contribution in [-0.2, 0) is 9.53 Å².